The van der Waals surface area contributed by atoms with Gasteiger partial charge in [0.1, 0.15) is 0 Å². The molecule has 0 amide bonds. The molecule has 0 bridgehead atoms. The van der Waals surface area contributed by atoms with Crippen LogP contribution in [0.3, 0.4) is 0 Å². The number of thiophene rings is 2. The highest BCUT2D eigenvalue weighted by molar-refractivity contribution is 7.20. The van der Waals surface area contributed by atoms with Gasteiger partial charge in [0, 0.05) is 29.9 Å². The normalized spacial score (nSPS) is 17.9. The number of hydrogen-bond donors (Lipinski definition) is 0. The van der Waals surface area contributed by atoms with Gasteiger partial charge in [0.25, 0.3) is 0 Å². The van der Waals surface area contributed by atoms with E-state index in [2.05, 4.69) is 48.5 Å². The van der Waals surface area contributed by atoms with Gasteiger partial charge in [-0.15, -0.1) is 22.7 Å². The van der Waals surface area contributed by atoms with E-state index in [1.54, 1.807) is 9.75 Å². The molecule has 2 fully saturated rings. The maximum atomic E-state index is 2.47. The quantitative estimate of drug-likeness (QED) is 0.211. The van der Waals surface area contributed by atoms with Gasteiger partial charge in [-0.25, -0.2) is 0 Å². The summed E-state index contributed by atoms with van der Waals surface area (Å²) in [4.78, 5) is 3.16. The predicted molar refractivity (Wildman–Crippen MR) is 153 cm³/mol. The Morgan fingerprint density at radius 3 is 1.38 bits per heavy atom. The van der Waals surface area contributed by atoms with Crippen LogP contribution in [0.1, 0.15) is 74.0 Å². The third-order valence-corrected chi connectivity index (χ3v) is 11.3. The fourth-order valence-corrected chi connectivity index (χ4v) is 9.18. The van der Waals surface area contributed by atoms with Crippen molar-refractivity contribution in [1.29, 1.82) is 0 Å². The van der Waals surface area contributed by atoms with Crippen LogP contribution in [0.2, 0.25) is 0 Å². The molecule has 2 heteroatoms. The van der Waals surface area contributed by atoms with Crippen molar-refractivity contribution in [3.05, 3.63) is 58.3 Å². The van der Waals surface area contributed by atoms with Crippen LogP contribution < -0.4 is 0 Å². The molecule has 0 radical (unpaired) electrons. The summed E-state index contributed by atoms with van der Waals surface area (Å²) < 4.78 is 2.98. The molecule has 174 valence electrons. The summed E-state index contributed by atoms with van der Waals surface area (Å²) in [5.74, 6) is 1.95. The molecule has 0 nitrogen and oxygen atoms in total. The van der Waals surface area contributed by atoms with E-state index in [4.69, 9.17) is 0 Å². The molecule has 34 heavy (non-hydrogen) atoms. The van der Waals surface area contributed by atoms with Gasteiger partial charge in [-0.1, -0.05) is 75.6 Å². The standard InChI is InChI=1S/C32H34S2/c1-2-6-21(5-1)9-15-27-17-25-13-11-23-20-30-24(19-29(23)31(25)33-27)12-14-26-18-28(34-32(26)30)16-10-22-7-3-4-8-22/h11-14,17-22H,1-10,15-16H2. The van der Waals surface area contributed by atoms with E-state index in [0.717, 1.165) is 11.8 Å². The van der Waals surface area contributed by atoms with E-state index >= 15 is 0 Å². The predicted octanol–water partition coefficient (Wildman–Crippen LogP) is 10.7. The van der Waals surface area contributed by atoms with E-state index < -0.39 is 0 Å². The third kappa shape index (κ3) is 3.97. The molecule has 0 atom stereocenters. The number of aryl methyl sites for hydroxylation is 2. The number of rotatable bonds is 6. The second kappa shape index (κ2) is 8.95. The van der Waals surface area contributed by atoms with Crippen LogP contribution >= 0.6 is 22.7 Å². The molecule has 2 aliphatic rings. The minimum Gasteiger partial charge on any atom is -0.140 e. The molecule has 0 N–H and O–H groups in total. The van der Waals surface area contributed by atoms with E-state index in [-0.39, 0.29) is 0 Å². The first-order valence-electron chi connectivity index (χ1n) is 13.6. The summed E-state index contributed by atoms with van der Waals surface area (Å²) in [5, 5.41) is 8.56. The van der Waals surface area contributed by atoms with E-state index in [1.165, 1.54) is 119 Å². The largest absolute Gasteiger partial charge is 0.140 e. The smallest absolute Gasteiger partial charge is 0.0424 e. The van der Waals surface area contributed by atoms with Crippen LogP contribution in [0.15, 0.2) is 48.5 Å². The topological polar surface area (TPSA) is 0 Å². The van der Waals surface area contributed by atoms with Gasteiger partial charge >= 0.3 is 0 Å². The van der Waals surface area contributed by atoms with Gasteiger partial charge in [0.2, 0.25) is 0 Å². The first kappa shape index (κ1) is 21.4. The number of hydrogen-bond acceptors (Lipinski definition) is 2. The molecule has 0 aliphatic heterocycles. The summed E-state index contributed by atoms with van der Waals surface area (Å²) in [6.45, 7) is 0. The van der Waals surface area contributed by atoms with Crippen LogP contribution in [0.25, 0.3) is 41.7 Å². The molecule has 0 unspecified atom stereocenters. The third-order valence-electron chi connectivity index (χ3n) is 8.77. The molecule has 3 aromatic carbocycles. The van der Waals surface area contributed by atoms with Gasteiger partial charge in [-0.2, -0.15) is 0 Å². The fraction of sp³-hybridized carbons (Fsp3) is 0.438. The van der Waals surface area contributed by atoms with Crippen LogP contribution in [0, 0.1) is 11.8 Å². The average Bonchev–Trinajstić information content (AvgIpc) is 3.66. The molecule has 5 aromatic rings. The minimum atomic E-state index is 0.974. The van der Waals surface area contributed by atoms with Crippen LogP contribution in [-0.4, -0.2) is 0 Å². The first-order valence-corrected chi connectivity index (χ1v) is 15.2. The van der Waals surface area contributed by atoms with Crippen molar-refractivity contribution in [3.8, 4) is 0 Å². The summed E-state index contributed by atoms with van der Waals surface area (Å²) >= 11 is 4.10. The molecular weight excluding hydrogens is 448 g/mol. The molecule has 2 aliphatic carbocycles. The minimum absolute atomic E-state index is 0.974. The lowest BCUT2D eigenvalue weighted by Crippen LogP contribution is -1.94. The lowest BCUT2D eigenvalue weighted by molar-refractivity contribution is 0.506. The van der Waals surface area contributed by atoms with Gasteiger partial charge in [-0.3, -0.25) is 0 Å². The van der Waals surface area contributed by atoms with Crippen molar-refractivity contribution in [2.45, 2.75) is 77.0 Å². The second-order valence-corrected chi connectivity index (χ2v) is 13.3. The van der Waals surface area contributed by atoms with E-state index in [1.807, 2.05) is 22.7 Å². The summed E-state index contributed by atoms with van der Waals surface area (Å²) in [6.07, 6.45) is 16.9. The Morgan fingerprint density at radius 1 is 0.529 bits per heavy atom. The van der Waals surface area contributed by atoms with Crippen LogP contribution in [-0.2, 0) is 12.8 Å². The lowest BCUT2D eigenvalue weighted by Gasteiger charge is -2.06. The monoisotopic (exact) mass is 482 g/mol. The average molecular weight is 483 g/mol. The number of fused-ring (bicyclic) bond motifs is 6. The summed E-state index contributed by atoms with van der Waals surface area (Å²) in [7, 11) is 0. The van der Waals surface area contributed by atoms with Crippen molar-refractivity contribution >= 4 is 64.4 Å². The Balaban J connectivity index is 1.23. The van der Waals surface area contributed by atoms with Gasteiger partial charge in [0.05, 0.1) is 0 Å². The fourth-order valence-electron chi connectivity index (χ4n) is 6.78. The van der Waals surface area contributed by atoms with Crippen LogP contribution in [0.5, 0.6) is 0 Å². The molecular formula is C32H34S2. The Kier molecular flexibility index (Phi) is 5.63. The molecule has 2 aromatic heterocycles. The van der Waals surface area contributed by atoms with Crippen molar-refractivity contribution in [1.82, 2.24) is 0 Å². The van der Waals surface area contributed by atoms with E-state index in [0.29, 0.717) is 0 Å². The van der Waals surface area contributed by atoms with Crippen molar-refractivity contribution in [2.24, 2.45) is 11.8 Å². The SMILES string of the molecule is c1cc2cc(CCC3CCCC3)sc2c2cc3ccc4cc(CCC5CCCC5)sc4c3cc12. The zero-order chi connectivity index (χ0) is 22.5. The summed E-state index contributed by atoms with van der Waals surface area (Å²) in [5.41, 5.74) is 0. The van der Waals surface area contributed by atoms with Crippen molar-refractivity contribution in [3.63, 3.8) is 0 Å². The molecule has 2 saturated carbocycles. The Hall–Kier alpha value is -1.90. The highest BCUT2D eigenvalue weighted by atomic mass is 32.1. The number of benzene rings is 3. The lowest BCUT2D eigenvalue weighted by atomic mass is 10.00. The maximum Gasteiger partial charge on any atom is 0.0424 e. The molecule has 0 saturated heterocycles. The van der Waals surface area contributed by atoms with Crippen molar-refractivity contribution < 1.29 is 0 Å². The Bertz CT molecular complexity index is 1360. The zero-order valence-corrected chi connectivity index (χ0v) is 21.7. The van der Waals surface area contributed by atoms with E-state index in [9.17, 15) is 0 Å². The highest BCUT2D eigenvalue weighted by Gasteiger charge is 2.17. The zero-order valence-electron chi connectivity index (χ0n) is 20.1. The van der Waals surface area contributed by atoms with Crippen LogP contribution in [0.4, 0.5) is 0 Å². The maximum absolute atomic E-state index is 2.47. The molecule has 0 spiro atoms. The van der Waals surface area contributed by atoms with Gasteiger partial charge in [0.15, 0.2) is 0 Å². The highest BCUT2D eigenvalue weighted by Crippen LogP contribution is 2.40. The molecule has 2 heterocycles. The Labute approximate surface area is 211 Å². The summed E-state index contributed by atoms with van der Waals surface area (Å²) in [6, 6.07) is 19.3. The molecule has 7 rings (SSSR count). The first-order chi connectivity index (χ1) is 16.8. The van der Waals surface area contributed by atoms with Gasteiger partial charge < -0.3 is 0 Å². The van der Waals surface area contributed by atoms with Gasteiger partial charge in [-0.05, 0) is 83.3 Å². The Morgan fingerprint density at radius 2 is 0.941 bits per heavy atom. The van der Waals surface area contributed by atoms with Crippen molar-refractivity contribution in [2.75, 3.05) is 0 Å². The second-order valence-electron chi connectivity index (χ2n) is 11.1.